The van der Waals surface area contributed by atoms with Crippen molar-refractivity contribution < 1.29 is 0 Å². The highest BCUT2D eigenvalue weighted by atomic mass is 15.3. The van der Waals surface area contributed by atoms with Crippen LogP contribution in [0.3, 0.4) is 0 Å². The Kier molecular flexibility index (Phi) is 5.15. The number of nitrogens with two attached hydrogens (primary N) is 1. The first kappa shape index (κ1) is 14.6. The minimum absolute atomic E-state index is 0.506. The normalized spacial score (nSPS) is 16.9. The lowest BCUT2D eigenvalue weighted by Crippen LogP contribution is -2.38. The van der Waals surface area contributed by atoms with Crippen molar-refractivity contribution in [3.63, 3.8) is 0 Å². The largest absolute Gasteiger partial charge is 0.370 e. The van der Waals surface area contributed by atoms with E-state index in [4.69, 9.17) is 5.73 Å². The van der Waals surface area contributed by atoms with Gasteiger partial charge >= 0.3 is 0 Å². The minimum atomic E-state index is 0.506. The molecular formula is C14H24N6. The number of aliphatic imine (C=N–C) groups is 1. The Morgan fingerprint density at radius 3 is 2.65 bits per heavy atom. The highest BCUT2D eigenvalue weighted by molar-refractivity contribution is 5.78. The summed E-state index contributed by atoms with van der Waals surface area (Å²) in [6.45, 7) is 2.54. The average molecular weight is 276 g/mol. The molecule has 2 rings (SSSR count). The van der Waals surface area contributed by atoms with E-state index in [0.29, 0.717) is 18.5 Å². The second-order valence-corrected chi connectivity index (χ2v) is 5.32. The lowest BCUT2D eigenvalue weighted by atomic mass is 10.2. The van der Waals surface area contributed by atoms with Gasteiger partial charge in [0.05, 0.1) is 12.2 Å². The van der Waals surface area contributed by atoms with Crippen molar-refractivity contribution in [2.24, 2.45) is 10.7 Å². The van der Waals surface area contributed by atoms with Gasteiger partial charge in [0.2, 0.25) is 5.95 Å². The Hall–Kier alpha value is -1.85. The topological polar surface area (TPSA) is 70.6 Å². The van der Waals surface area contributed by atoms with Gasteiger partial charge in [0.15, 0.2) is 5.96 Å². The summed E-state index contributed by atoms with van der Waals surface area (Å²) in [6.07, 6.45) is 6.75. The van der Waals surface area contributed by atoms with Gasteiger partial charge in [0.25, 0.3) is 0 Å². The van der Waals surface area contributed by atoms with Crippen LogP contribution in [-0.4, -0.2) is 48.0 Å². The van der Waals surface area contributed by atoms with Gasteiger partial charge in [0, 0.05) is 33.4 Å². The van der Waals surface area contributed by atoms with E-state index in [-0.39, 0.29) is 0 Å². The summed E-state index contributed by atoms with van der Waals surface area (Å²) in [6, 6.07) is 1.88. The molecule has 0 unspecified atom stereocenters. The molecule has 1 aliphatic rings. The molecule has 0 aliphatic carbocycles. The molecule has 110 valence electrons. The van der Waals surface area contributed by atoms with Crippen molar-refractivity contribution in [3.05, 3.63) is 18.0 Å². The van der Waals surface area contributed by atoms with E-state index < -0.39 is 0 Å². The van der Waals surface area contributed by atoms with Gasteiger partial charge in [0.1, 0.15) is 0 Å². The fourth-order valence-electron chi connectivity index (χ4n) is 2.25. The lowest BCUT2D eigenvalue weighted by Gasteiger charge is -2.21. The maximum Gasteiger partial charge on any atom is 0.225 e. The van der Waals surface area contributed by atoms with Crippen molar-refractivity contribution in [1.82, 2.24) is 14.9 Å². The fourth-order valence-corrected chi connectivity index (χ4v) is 2.25. The molecule has 0 bridgehead atoms. The Morgan fingerprint density at radius 1 is 1.30 bits per heavy atom. The molecule has 20 heavy (non-hydrogen) atoms. The van der Waals surface area contributed by atoms with E-state index in [1.807, 2.05) is 25.1 Å². The van der Waals surface area contributed by atoms with E-state index in [0.717, 1.165) is 18.8 Å². The van der Waals surface area contributed by atoms with Crippen LogP contribution in [0.1, 0.15) is 31.4 Å². The third-order valence-electron chi connectivity index (χ3n) is 3.43. The molecule has 6 nitrogen and oxygen atoms in total. The van der Waals surface area contributed by atoms with E-state index in [9.17, 15) is 0 Å². The van der Waals surface area contributed by atoms with Crippen LogP contribution in [0.4, 0.5) is 5.95 Å². The van der Waals surface area contributed by atoms with Crippen molar-refractivity contribution in [2.75, 3.05) is 32.1 Å². The summed E-state index contributed by atoms with van der Waals surface area (Å²) < 4.78 is 0. The van der Waals surface area contributed by atoms with E-state index >= 15 is 0 Å². The van der Waals surface area contributed by atoms with Crippen LogP contribution in [0.5, 0.6) is 0 Å². The minimum Gasteiger partial charge on any atom is -0.370 e. The predicted molar refractivity (Wildman–Crippen MR) is 81.7 cm³/mol. The molecule has 0 amide bonds. The lowest BCUT2D eigenvalue weighted by molar-refractivity contribution is 0.428. The Labute approximate surface area is 120 Å². The molecule has 1 aromatic rings. The first-order valence-electron chi connectivity index (χ1n) is 7.21. The van der Waals surface area contributed by atoms with Crippen LogP contribution in [0.15, 0.2) is 17.3 Å². The number of hydrogen-bond acceptors (Lipinski definition) is 4. The van der Waals surface area contributed by atoms with Gasteiger partial charge in [-0.05, 0) is 18.9 Å². The number of nitrogens with zero attached hydrogens (tertiary/aromatic N) is 5. The van der Waals surface area contributed by atoms with E-state index in [2.05, 4.69) is 19.9 Å². The van der Waals surface area contributed by atoms with Gasteiger partial charge in [-0.2, -0.15) is 0 Å². The molecule has 0 atom stereocenters. The second-order valence-electron chi connectivity index (χ2n) is 5.32. The predicted octanol–water partition coefficient (Wildman–Crippen LogP) is 1.23. The Morgan fingerprint density at radius 2 is 2.00 bits per heavy atom. The van der Waals surface area contributed by atoms with Crippen molar-refractivity contribution in [1.29, 1.82) is 0 Å². The van der Waals surface area contributed by atoms with E-state index in [1.165, 1.54) is 25.7 Å². The molecule has 1 saturated heterocycles. The molecule has 1 aliphatic heterocycles. The maximum atomic E-state index is 6.09. The molecular weight excluding hydrogens is 252 g/mol. The Balaban J connectivity index is 1.98. The maximum absolute atomic E-state index is 6.09. The highest BCUT2D eigenvalue weighted by Gasteiger charge is 2.10. The highest BCUT2D eigenvalue weighted by Crippen LogP contribution is 2.10. The third-order valence-corrected chi connectivity index (χ3v) is 3.43. The molecule has 1 aromatic heterocycles. The molecule has 2 N–H and O–H groups in total. The molecule has 0 aromatic carbocycles. The quantitative estimate of drug-likeness (QED) is 0.664. The molecule has 0 saturated carbocycles. The molecule has 0 radical (unpaired) electrons. The summed E-state index contributed by atoms with van der Waals surface area (Å²) in [7, 11) is 3.85. The summed E-state index contributed by atoms with van der Waals surface area (Å²) in [5.41, 5.74) is 6.98. The molecule has 0 spiro atoms. The number of likely N-dealkylation sites (tertiary alicyclic amines) is 1. The van der Waals surface area contributed by atoms with Gasteiger partial charge in [-0.3, -0.25) is 0 Å². The van der Waals surface area contributed by atoms with Gasteiger partial charge in [-0.1, -0.05) is 12.8 Å². The first-order valence-corrected chi connectivity index (χ1v) is 7.21. The summed E-state index contributed by atoms with van der Waals surface area (Å²) in [5.74, 6) is 1.34. The van der Waals surface area contributed by atoms with Gasteiger partial charge in [-0.25, -0.2) is 15.0 Å². The van der Waals surface area contributed by atoms with Crippen LogP contribution in [0.25, 0.3) is 0 Å². The van der Waals surface area contributed by atoms with Crippen LogP contribution < -0.4 is 10.6 Å². The van der Waals surface area contributed by atoms with Gasteiger partial charge < -0.3 is 15.5 Å². The monoisotopic (exact) mass is 276 g/mol. The molecule has 2 heterocycles. The summed E-state index contributed by atoms with van der Waals surface area (Å²) in [4.78, 5) is 17.2. The molecule has 1 fully saturated rings. The van der Waals surface area contributed by atoms with Crippen LogP contribution in [0, 0.1) is 0 Å². The number of hydrogen-bond donors (Lipinski definition) is 1. The van der Waals surface area contributed by atoms with Crippen molar-refractivity contribution >= 4 is 11.9 Å². The van der Waals surface area contributed by atoms with E-state index in [1.54, 1.807) is 6.20 Å². The average Bonchev–Trinajstić information content (AvgIpc) is 2.74. The molecule has 6 heteroatoms. The van der Waals surface area contributed by atoms with Crippen molar-refractivity contribution in [3.8, 4) is 0 Å². The first-order chi connectivity index (χ1) is 9.66. The summed E-state index contributed by atoms with van der Waals surface area (Å²) >= 11 is 0. The number of aromatic nitrogens is 2. The smallest absolute Gasteiger partial charge is 0.225 e. The van der Waals surface area contributed by atoms with Crippen LogP contribution in [0.2, 0.25) is 0 Å². The van der Waals surface area contributed by atoms with Crippen LogP contribution >= 0.6 is 0 Å². The number of anilines is 1. The van der Waals surface area contributed by atoms with Crippen molar-refractivity contribution in [2.45, 2.75) is 32.2 Å². The van der Waals surface area contributed by atoms with Crippen LogP contribution in [-0.2, 0) is 6.54 Å². The van der Waals surface area contributed by atoms with Gasteiger partial charge in [-0.15, -0.1) is 0 Å². The SMILES string of the molecule is CN(C)c1nccc(CN=C(N)N2CCCCCC2)n1. The zero-order chi connectivity index (χ0) is 14.4. The zero-order valence-electron chi connectivity index (χ0n) is 12.4. The summed E-state index contributed by atoms with van der Waals surface area (Å²) in [5, 5.41) is 0. The number of rotatable bonds is 3. The standard InChI is InChI=1S/C14H24N6/c1-19(2)14-16-8-7-12(18-14)11-17-13(15)20-9-5-3-4-6-10-20/h7-8H,3-6,9-11H2,1-2H3,(H2,15,17). The zero-order valence-corrected chi connectivity index (χ0v) is 12.4. The second kappa shape index (κ2) is 7.07. The number of guanidine groups is 1. The fraction of sp³-hybridized carbons (Fsp3) is 0.643. The Bertz CT molecular complexity index is 449. The third kappa shape index (κ3) is 4.08.